The number of benzene rings is 4. The normalized spacial score (nSPS) is 19.5. The molecule has 0 unspecified atom stereocenters. The van der Waals surface area contributed by atoms with Crippen LogP contribution in [-0.4, -0.2) is 6.71 Å². The van der Waals surface area contributed by atoms with Gasteiger partial charge in [-0.15, -0.1) is 11.3 Å². The molecule has 0 saturated carbocycles. The predicted molar refractivity (Wildman–Crippen MR) is 270 cm³/mol. The van der Waals surface area contributed by atoms with E-state index in [0.29, 0.717) is 0 Å². The molecule has 1 aromatic heterocycles. The largest absolute Gasteiger partial charge is 0.311 e. The van der Waals surface area contributed by atoms with Crippen LogP contribution in [0.1, 0.15) is 187 Å². The number of aryl methyl sites for hydroxylation is 1. The van der Waals surface area contributed by atoms with Crippen molar-refractivity contribution in [1.29, 1.82) is 0 Å². The Morgan fingerprint density at radius 2 is 1.03 bits per heavy atom. The fraction of sp³-hybridized carbons (Fsp3) is 0.509. The maximum absolute atomic E-state index is 2.79. The second-order valence-corrected chi connectivity index (χ2v) is 26.3. The molecule has 0 spiro atoms. The Hall–Kier alpha value is -3.76. The minimum Gasteiger partial charge on any atom is -0.311 e. The molecule has 4 heteroatoms. The highest BCUT2D eigenvalue weighted by Crippen LogP contribution is 2.57. The molecule has 4 aromatic carbocycles. The van der Waals surface area contributed by atoms with Crippen LogP contribution in [0.5, 0.6) is 0 Å². The summed E-state index contributed by atoms with van der Waals surface area (Å²) in [5.41, 5.74) is 21.5. The molecular formula is C57H73BN2S. The van der Waals surface area contributed by atoms with Crippen molar-refractivity contribution in [3.8, 4) is 0 Å². The number of hydrogen-bond acceptors (Lipinski definition) is 3. The van der Waals surface area contributed by atoms with Crippen LogP contribution in [0.15, 0.2) is 66.7 Å². The summed E-state index contributed by atoms with van der Waals surface area (Å²) in [4.78, 5) is 7.06. The fourth-order valence-electron chi connectivity index (χ4n) is 11.3. The zero-order chi connectivity index (χ0) is 44.4. The number of thiophene rings is 1. The van der Waals surface area contributed by atoms with E-state index < -0.39 is 0 Å². The van der Waals surface area contributed by atoms with Gasteiger partial charge in [0.25, 0.3) is 6.71 Å². The number of nitrogens with zero attached hydrogens (tertiary/aromatic N) is 2. The van der Waals surface area contributed by atoms with Crippen molar-refractivity contribution in [3.05, 3.63) is 111 Å². The molecule has 320 valence electrons. The summed E-state index contributed by atoms with van der Waals surface area (Å²) < 4.78 is 0. The van der Waals surface area contributed by atoms with Crippen molar-refractivity contribution in [2.75, 3.05) is 9.80 Å². The standard InChI is InChI=1S/C57H73BN2S/c1-34-28-39-40(55(13,14)25-24-54(39,11)12)33-42(34)60-45-32-37(53(8,9)10)31-44-47(45)58(48-46-49(61-50(48)60)57(17,18)27-26-56(46,15)16)41-23-22-36(52(5,6)7)30-43(41)59(44)38-21-19-20-35(29-38)51(2,3)4/h19-23,28-33H,24-27H2,1-18H3. The Morgan fingerprint density at radius 1 is 0.508 bits per heavy atom. The van der Waals surface area contributed by atoms with Crippen LogP contribution in [0.2, 0.25) is 0 Å². The van der Waals surface area contributed by atoms with Crippen LogP contribution in [0.25, 0.3) is 0 Å². The third kappa shape index (κ3) is 6.53. The van der Waals surface area contributed by atoms with Gasteiger partial charge in [0.05, 0.1) is 10.7 Å². The monoisotopic (exact) mass is 829 g/mol. The molecule has 4 aliphatic rings. The summed E-state index contributed by atoms with van der Waals surface area (Å²) in [6, 6.07) is 27.4. The Balaban J connectivity index is 1.47. The minimum atomic E-state index is -0.0744. The number of hydrogen-bond donors (Lipinski definition) is 0. The van der Waals surface area contributed by atoms with Crippen molar-refractivity contribution in [3.63, 3.8) is 0 Å². The lowest BCUT2D eigenvalue weighted by Gasteiger charge is -2.47. The quantitative estimate of drug-likeness (QED) is 0.160. The second kappa shape index (κ2) is 13.2. The molecule has 0 amide bonds. The van der Waals surface area contributed by atoms with E-state index in [1.165, 1.54) is 103 Å². The number of rotatable bonds is 2. The predicted octanol–water partition coefficient (Wildman–Crippen LogP) is 14.7. The Morgan fingerprint density at radius 3 is 1.64 bits per heavy atom. The van der Waals surface area contributed by atoms with E-state index in [-0.39, 0.29) is 44.6 Å². The molecule has 0 fully saturated rings. The van der Waals surface area contributed by atoms with E-state index in [0.717, 1.165) is 0 Å². The molecule has 2 aliphatic carbocycles. The molecule has 3 heterocycles. The van der Waals surface area contributed by atoms with Gasteiger partial charge in [-0.3, -0.25) is 0 Å². The van der Waals surface area contributed by atoms with Gasteiger partial charge in [0.2, 0.25) is 0 Å². The number of anilines is 6. The van der Waals surface area contributed by atoms with Crippen LogP contribution < -0.4 is 26.2 Å². The molecule has 2 aliphatic heterocycles. The lowest BCUT2D eigenvalue weighted by Crippen LogP contribution is -2.62. The van der Waals surface area contributed by atoms with Crippen molar-refractivity contribution in [1.82, 2.24) is 0 Å². The SMILES string of the molecule is Cc1cc2c(cc1N1c3cc(C(C)(C)C)cc4c3B(c3ccc(C(C)(C)C)cc3N4c3cccc(C(C)(C)C)c3)c3c1sc1c3C(C)(C)CCC1(C)C)C(C)(C)CCC2(C)C. The first-order valence-corrected chi connectivity index (χ1v) is 24.2. The van der Waals surface area contributed by atoms with Gasteiger partial charge in [-0.25, -0.2) is 0 Å². The Kier molecular flexibility index (Phi) is 9.17. The van der Waals surface area contributed by atoms with Crippen molar-refractivity contribution in [2.24, 2.45) is 0 Å². The van der Waals surface area contributed by atoms with Crippen LogP contribution in [0, 0.1) is 6.92 Å². The maximum Gasteiger partial charge on any atom is 0.253 e. The topological polar surface area (TPSA) is 6.48 Å². The van der Waals surface area contributed by atoms with Gasteiger partial charge < -0.3 is 9.80 Å². The lowest BCUT2D eigenvalue weighted by molar-refractivity contribution is 0.332. The second-order valence-electron chi connectivity index (χ2n) is 25.4. The first kappa shape index (κ1) is 42.5. The summed E-state index contributed by atoms with van der Waals surface area (Å²) in [5, 5.41) is 1.44. The molecule has 5 aromatic rings. The van der Waals surface area contributed by atoms with Gasteiger partial charge >= 0.3 is 0 Å². The molecule has 0 saturated heterocycles. The van der Waals surface area contributed by atoms with Gasteiger partial charge in [0.1, 0.15) is 0 Å². The van der Waals surface area contributed by atoms with E-state index >= 15 is 0 Å². The molecule has 61 heavy (non-hydrogen) atoms. The summed E-state index contributed by atoms with van der Waals surface area (Å²) in [6.07, 6.45) is 4.80. The highest BCUT2D eigenvalue weighted by molar-refractivity contribution is 7.20. The lowest BCUT2D eigenvalue weighted by atomic mass is 9.32. The van der Waals surface area contributed by atoms with Gasteiger partial charge in [0, 0.05) is 27.6 Å². The minimum absolute atomic E-state index is 0.00105. The van der Waals surface area contributed by atoms with Crippen molar-refractivity contribution >= 4 is 67.9 Å². The van der Waals surface area contributed by atoms with Gasteiger partial charge in [0.15, 0.2) is 0 Å². The summed E-state index contributed by atoms with van der Waals surface area (Å²) in [7, 11) is 0. The fourth-order valence-corrected chi connectivity index (χ4v) is 13.0. The molecule has 0 N–H and O–H groups in total. The van der Waals surface area contributed by atoms with E-state index in [9.17, 15) is 0 Å². The average molecular weight is 829 g/mol. The third-order valence-corrected chi connectivity index (χ3v) is 17.2. The highest BCUT2D eigenvalue weighted by Gasteiger charge is 2.52. The van der Waals surface area contributed by atoms with E-state index in [1.54, 1.807) is 15.9 Å². The van der Waals surface area contributed by atoms with Crippen LogP contribution >= 0.6 is 11.3 Å². The summed E-state index contributed by atoms with van der Waals surface area (Å²) >= 11 is 2.12. The van der Waals surface area contributed by atoms with Gasteiger partial charge in [-0.2, -0.15) is 0 Å². The Labute approximate surface area is 374 Å². The highest BCUT2D eigenvalue weighted by atomic mass is 32.1. The molecule has 0 atom stereocenters. The smallest absolute Gasteiger partial charge is 0.253 e. The van der Waals surface area contributed by atoms with Crippen LogP contribution in [-0.2, 0) is 37.9 Å². The van der Waals surface area contributed by atoms with Crippen LogP contribution in [0.3, 0.4) is 0 Å². The first-order valence-electron chi connectivity index (χ1n) is 23.4. The van der Waals surface area contributed by atoms with E-state index in [4.69, 9.17) is 0 Å². The molecule has 9 rings (SSSR count). The van der Waals surface area contributed by atoms with Gasteiger partial charge in [-0.1, -0.05) is 148 Å². The van der Waals surface area contributed by atoms with Gasteiger partial charge in [-0.05, 0) is 162 Å². The number of fused-ring (bicyclic) bond motifs is 7. The maximum atomic E-state index is 2.79. The molecule has 0 bridgehead atoms. The first-order chi connectivity index (χ1) is 28.0. The molecule has 2 nitrogen and oxygen atoms in total. The van der Waals surface area contributed by atoms with E-state index in [2.05, 4.69) is 212 Å². The van der Waals surface area contributed by atoms with E-state index in [1.807, 2.05) is 0 Å². The zero-order valence-electron chi connectivity index (χ0n) is 41.1. The third-order valence-electron chi connectivity index (χ3n) is 15.7. The van der Waals surface area contributed by atoms with Crippen molar-refractivity contribution in [2.45, 2.75) is 188 Å². The summed E-state index contributed by atoms with van der Waals surface area (Å²) in [6.45, 7) is 43.9. The molecule has 0 radical (unpaired) electrons. The van der Waals surface area contributed by atoms with Crippen molar-refractivity contribution < 1.29 is 0 Å². The Bertz CT molecular complexity index is 2630. The van der Waals surface area contributed by atoms with Crippen LogP contribution in [0.4, 0.5) is 33.4 Å². The summed E-state index contributed by atoms with van der Waals surface area (Å²) in [5.74, 6) is 0. The average Bonchev–Trinajstić information content (AvgIpc) is 3.57. The molecular weight excluding hydrogens is 756 g/mol. The zero-order valence-corrected chi connectivity index (χ0v) is 41.9.